The van der Waals surface area contributed by atoms with E-state index in [2.05, 4.69) is 5.32 Å². The van der Waals surface area contributed by atoms with Gasteiger partial charge in [0.25, 0.3) is 0 Å². The van der Waals surface area contributed by atoms with E-state index in [0.29, 0.717) is 30.8 Å². The summed E-state index contributed by atoms with van der Waals surface area (Å²) in [7, 11) is -3.18. The molecule has 0 saturated carbocycles. The van der Waals surface area contributed by atoms with Crippen LogP contribution in [-0.2, 0) is 14.8 Å². The van der Waals surface area contributed by atoms with Gasteiger partial charge in [-0.15, -0.1) is 0 Å². The van der Waals surface area contributed by atoms with Gasteiger partial charge in [-0.25, -0.2) is 8.42 Å². The summed E-state index contributed by atoms with van der Waals surface area (Å²) in [5.74, 6) is -0.0733. The molecule has 1 atom stereocenters. The molecule has 1 unspecified atom stereocenters. The van der Waals surface area contributed by atoms with Crippen molar-refractivity contribution >= 4 is 27.3 Å². The van der Waals surface area contributed by atoms with Crippen LogP contribution >= 0.6 is 0 Å². The van der Waals surface area contributed by atoms with Gasteiger partial charge in [-0.2, -0.15) is 0 Å². The maximum Gasteiger partial charge on any atom is 0.235 e. The molecule has 1 aliphatic heterocycles. The van der Waals surface area contributed by atoms with Crippen molar-refractivity contribution in [1.29, 1.82) is 0 Å². The van der Waals surface area contributed by atoms with Crippen LogP contribution < -0.4 is 9.62 Å². The van der Waals surface area contributed by atoms with Gasteiger partial charge in [-0.3, -0.25) is 9.10 Å². The Hall–Kier alpha value is -2.34. The summed E-state index contributed by atoms with van der Waals surface area (Å²) in [5, 5.41) is 2.92. The van der Waals surface area contributed by atoms with Crippen LogP contribution in [-0.4, -0.2) is 26.6 Å². The van der Waals surface area contributed by atoms with E-state index in [0.717, 1.165) is 5.56 Å². The van der Waals surface area contributed by atoms with Gasteiger partial charge in [-0.05, 0) is 42.7 Å². The van der Waals surface area contributed by atoms with Crippen molar-refractivity contribution < 1.29 is 13.2 Å². The number of hydrogen-bond acceptors (Lipinski definition) is 3. The molecule has 0 bridgehead atoms. The number of anilines is 2. The average molecular weight is 358 g/mol. The molecule has 0 radical (unpaired) electrons. The average Bonchev–Trinajstić information content (AvgIpc) is 2.96. The van der Waals surface area contributed by atoms with Crippen molar-refractivity contribution in [3.8, 4) is 0 Å². The van der Waals surface area contributed by atoms with Crippen molar-refractivity contribution in [1.82, 2.24) is 0 Å². The lowest BCUT2D eigenvalue weighted by atomic mass is 9.95. The van der Waals surface area contributed by atoms with Crippen LogP contribution in [0.1, 0.15) is 31.2 Å². The van der Waals surface area contributed by atoms with Gasteiger partial charge in [0.05, 0.1) is 17.4 Å². The Morgan fingerprint density at radius 3 is 2.36 bits per heavy atom. The molecule has 1 fully saturated rings. The molecule has 1 N–H and O–H groups in total. The number of carbonyl (C=O) groups is 1. The molecule has 1 heterocycles. The molecule has 0 spiro atoms. The second kappa shape index (κ2) is 7.27. The molecule has 3 rings (SSSR count). The number of carbonyl (C=O) groups excluding carboxylic acids is 1. The maximum absolute atomic E-state index is 12.6. The predicted octanol–water partition coefficient (Wildman–Crippen LogP) is 3.36. The smallest absolute Gasteiger partial charge is 0.235 e. The summed E-state index contributed by atoms with van der Waals surface area (Å²) >= 11 is 0. The summed E-state index contributed by atoms with van der Waals surface area (Å²) < 4.78 is 25.4. The number of hydrogen-bond donors (Lipinski definition) is 1. The minimum atomic E-state index is -3.18. The quantitative estimate of drug-likeness (QED) is 0.891. The van der Waals surface area contributed by atoms with E-state index in [9.17, 15) is 13.2 Å². The van der Waals surface area contributed by atoms with Gasteiger partial charge in [0.2, 0.25) is 15.9 Å². The summed E-state index contributed by atoms with van der Waals surface area (Å²) in [6.07, 6.45) is 1.36. The third kappa shape index (κ3) is 3.85. The number of nitrogens with zero attached hydrogens (tertiary/aromatic N) is 1. The number of amides is 1. The Labute approximate surface area is 148 Å². The first-order chi connectivity index (χ1) is 12.0. The highest BCUT2D eigenvalue weighted by atomic mass is 32.2. The van der Waals surface area contributed by atoms with Gasteiger partial charge < -0.3 is 5.32 Å². The maximum atomic E-state index is 12.6. The molecule has 1 amide bonds. The number of sulfonamides is 1. The lowest BCUT2D eigenvalue weighted by Gasteiger charge is -2.18. The molecule has 132 valence electrons. The highest BCUT2D eigenvalue weighted by Gasteiger charge is 2.28. The molecule has 5 nitrogen and oxygen atoms in total. The third-order valence-electron chi connectivity index (χ3n) is 4.45. The van der Waals surface area contributed by atoms with Crippen molar-refractivity contribution in [3.63, 3.8) is 0 Å². The second-order valence-electron chi connectivity index (χ2n) is 6.15. The first-order valence-electron chi connectivity index (χ1n) is 8.47. The first-order valence-corrected chi connectivity index (χ1v) is 10.1. The van der Waals surface area contributed by atoms with E-state index in [4.69, 9.17) is 0 Å². The van der Waals surface area contributed by atoms with Crippen molar-refractivity contribution in [2.75, 3.05) is 21.9 Å². The van der Waals surface area contributed by atoms with Crippen LogP contribution in [0.15, 0.2) is 54.6 Å². The number of rotatable bonds is 5. The SMILES string of the molecule is CCC(C(=O)Nc1ccc(N2CCCS2(=O)=O)cc1)c1ccccc1. The zero-order valence-corrected chi connectivity index (χ0v) is 15.0. The molecule has 0 aliphatic carbocycles. The zero-order valence-electron chi connectivity index (χ0n) is 14.2. The monoisotopic (exact) mass is 358 g/mol. The van der Waals surface area contributed by atoms with Gasteiger partial charge in [0.1, 0.15) is 0 Å². The van der Waals surface area contributed by atoms with Crippen LogP contribution in [0.5, 0.6) is 0 Å². The first kappa shape index (κ1) is 17.5. The predicted molar refractivity (Wildman–Crippen MR) is 100 cm³/mol. The van der Waals surface area contributed by atoms with E-state index >= 15 is 0 Å². The van der Waals surface area contributed by atoms with Gasteiger partial charge in [0, 0.05) is 12.2 Å². The second-order valence-corrected chi connectivity index (χ2v) is 8.16. The van der Waals surface area contributed by atoms with Crippen molar-refractivity contribution in [2.24, 2.45) is 0 Å². The molecule has 2 aromatic rings. The normalized spacial score (nSPS) is 17.2. The van der Waals surface area contributed by atoms with Crippen LogP contribution in [0.3, 0.4) is 0 Å². The Morgan fingerprint density at radius 2 is 1.80 bits per heavy atom. The largest absolute Gasteiger partial charge is 0.326 e. The molecule has 1 aliphatic rings. The standard InChI is InChI=1S/C19H22N2O3S/c1-2-18(15-7-4-3-5-8-15)19(22)20-16-9-11-17(12-10-16)21-13-6-14-25(21,23)24/h3-5,7-12,18H,2,6,13-14H2,1H3,(H,20,22). The molecule has 25 heavy (non-hydrogen) atoms. The number of nitrogens with one attached hydrogen (secondary N) is 1. The minimum Gasteiger partial charge on any atom is -0.326 e. The fourth-order valence-electron chi connectivity index (χ4n) is 3.13. The highest BCUT2D eigenvalue weighted by Crippen LogP contribution is 2.26. The van der Waals surface area contributed by atoms with E-state index in [1.54, 1.807) is 24.3 Å². The van der Waals surface area contributed by atoms with Crippen molar-refractivity contribution in [2.45, 2.75) is 25.7 Å². The van der Waals surface area contributed by atoms with Crippen LogP contribution in [0.2, 0.25) is 0 Å². The summed E-state index contributed by atoms with van der Waals surface area (Å²) in [4.78, 5) is 12.6. The molecule has 1 saturated heterocycles. The van der Waals surface area contributed by atoms with Crippen LogP contribution in [0.25, 0.3) is 0 Å². The summed E-state index contributed by atoms with van der Waals surface area (Å²) in [6, 6.07) is 16.7. The van der Waals surface area contributed by atoms with Crippen LogP contribution in [0, 0.1) is 0 Å². The fourth-order valence-corrected chi connectivity index (χ4v) is 4.69. The lowest BCUT2D eigenvalue weighted by molar-refractivity contribution is -0.117. The van der Waals surface area contributed by atoms with Gasteiger partial charge in [0.15, 0.2) is 0 Å². The van der Waals surface area contributed by atoms with Crippen LogP contribution in [0.4, 0.5) is 11.4 Å². The third-order valence-corrected chi connectivity index (χ3v) is 6.32. The lowest BCUT2D eigenvalue weighted by Crippen LogP contribution is -2.25. The molecular formula is C19H22N2O3S. The van der Waals surface area contributed by atoms with Gasteiger partial charge >= 0.3 is 0 Å². The molecule has 0 aromatic heterocycles. The highest BCUT2D eigenvalue weighted by molar-refractivity contribution is 7.93. The summed E-state index contributed by atoms with van der Waals surface area (Å²) in [5.41, 5.74) is 2.30. The Balaban J connectivity index is 1.72. The Kier molecular flexibility index (Phi) is 5.08. The van der Waals surface area contributed by atoms with Gasteiger partial charge in [-0.1, -0.05) is 37.3 Å². The van der Waals surface area contributed by atoms with E-state index in [-0.39, 0.29) is 17.6 Å². The van der Waals surface area contributed by atoms with E-state index in [1.165, 1.54) is 4.31 Å². The molecule has 2 aromatic carbocycles. The number of benzene rings is 2. The summed E-state index contributed by atoms with van der Waals surface area (Å²) in [6.45, 7) is 2.50. The Bertz CT molecular complexity index is 833. The minimum absolute atomic E-state index is 0.0600. The Morgan fingerprint density at radius 1 is 1.12 bits per heavy atom. The van der Waals surface area contributed by atoms with E-state index < -0.39 is 10.0 Å². The molecular weight excluding hydrogens is 336 g/mol. The topological polar surface area (TPSA) is 66.5 Å². The fraction of sp³-hybridized carbons (Fsp3) is 0.316. The molecule has 6 heteroatoms. The zero-order chi connectivity index (χ0) is 17.9. The van der Waals surface area contributed by atoms with E-state index in [1.807, 2.05) is 37.3 Å². The van der Waals surface area contributed by atoms with Crippen molar-refractivity contribution in [3.05, 3.63) is 60.2 Å².